The van der Waals surface area contributed by atoms with Crippen molar-refractivity contribution in [2.45, 2.75) is 58.4 Å². The van der Waals surface area contributed by atoms with E-state index in [1.54, 1.807) is 20.8 Å². The lowest BCUT2D eigenvalue weighted by Gasteiger charge is -2.27. The van der Waals surface area contributed by atoms with E-state index in [0.717, 1.165) is 17.2 Å². The number of ether oxygens (including phenoxy) is 1. The van der Waals surface area contributed by atoms with Crippen LogP contribution in [0.2, 0.25) is 0 Å². The molecule has 0 fully saturated rings. The first kappa shape index (κ1) is 23.8. The number of carbonyl (C=O) groups is 1. The molecule has 5 nitrogen and oxygen atoms in total. The highest BCUT2D eigenvalue weighted by Gasteiger charge is 2.25. The number of halogens is 2. The summed E-state index contributed by atoms with van der Waals surface area (Å²) >= 11 is 0. The molecule has 7 heteroatoms. The van der Waals surface area contributed by atoms with Crippen molar-refractivity contribution in [2.75, 3.05) is 6.54 Å². The number of rotatable bonds is 8. The van der Waals surface area contributed by atoms with Gasteiger partial charge in [0.25, 0.3) is 0 Å². The summed E-state index contributed by atoms with van der Waals surface area (Å²) in [6.45, 7) is 7.88. The van der Waals surface area contributed by atoms with Crippen LogP contribution in [0.15, 0.2) is 42.5 Å². The van der Waals surface area contributed by atoms with Crippen molar-refractivity contribution >= 4 is 6.09 Å². The Morgan fingerprint density at radius 1 is 1.10 bits per heavy atom. The highest BCUT2D eigenvalue weighted by molar-refractivity contribution is 5.68. The summed E-state index contributed by atoms with van der Waals surface area (Å²) in [6, 6.07) is 10.3. The molecule has 0 spiro atoms. The molecule has 0 heterocycles. The standard InChI is InChI=1S/C23H30F2N2O3/c1-15-6-5-7-16(8-15)13-26-14-21(28)20(27-22(29)30-23(2,3)4)11-17-9-18(24)12-19(25)10-17/h5-10,12,20-21,26,28H,11,13-14H2,1-4H3,(H,27,29)/t20-,21+/m0/s1. The van der Waals surface area contributed by atoms with Crippen molar-refractivity contribution in [1.82, 2.24) is 10.6 Å². The van der Waals surface area contributed by atoms with Crippen molar-refractivity contribution in [3.8, 4) is 0 Å². The van der Waals surface area contributed by atoms with Crippen LogP contribution in [0.1, 0.15) is 37.5 Å². The molecular formula is C23H30F2N2O3. The van der Waals surface area contributed by atoms with Gasteiger partial charge in [0, 0.05) is 19.2 Å². The van der Waals surface area contributed by atoms with E-state index >= 15 is 0 Å². The van der Waals surface area contributed by atoms with Gasteiger partial charge in [0.15, 0.2) is 0 Å². The van der Waals surface area contributed by atoms with Gasteiger partial charge in [0.1, 0.15) is 17.2 Å². The zero-order valence-corrected chi connectivity index (χ0v) is 17.8. The van der Waals surface area contributed by atoms with E-state index in [1.807, 2.05) is 31.2 Å². The topological polar surface area (TPSA) is 70.6 Å². The maximum absolute atomic E-state index is 13.6. The van der Waals surface area contributed by atoms with Gasteiger partial charge in [-0.05, 0) is 57.4 Å². The van der Waals surface area contributed by atoms with Gasteiger partial charge in [-0.25, -0.2) is 13.6 Å². The Bertz CT molecular complexity index is 832. The van der Waals surface area contributed by atoms with Crippen LogP contribution < -0.4 is 10.6 Å². The van der Waals surface area contributed by atoms with Crippen LogP contribution in [0.4, 0.5) is 13.6 Å². The number of alkyl carbamates (subject to hydrolysis) is 1. The van der Waals surface area contributed by atoms with Gasteiger partial charge >= 0.3 is 6.09 Å². The third-order valence-electron chi connectivity index (χ3n) is 4.31. The summed E-state index contributed by atoms with van der Waals surface area (Å²) in [7, 11) is 0. The Labute approximate surface area is 176 Å². The molecule has 0 saturated heterocycles. The molecule has 0 bridgehead atoms. The third kappa shape index (κ3) is 8.47. The second-order valence-electron chi connectivity index (χ2n) is 8.42. The normalized spacial score (nSPS) is 13.6. The maximum Gasteiger partial charge on any atom is 0.407 e. The van der Waals surface area contributed by atoms with Gasteiger partial charge in [-0.3, -0.25) is 0 Å². The Balaban J connectivity index is 2.05. The minimum absolute atomic E-state index is 0.0429. The monoisotopic (exact) mass is 420 g/mol. The zero-order chi connectivity index (χ0) is 22.3. The highest BCUT2D eigenvalue weighted by Crippen LogP contribution is 2.13. The maximum atomic E-state index is 13.6. The predicted octanol–water partition coefficient (Wildman–Crippen LogP) is 3.86. The van der Waals surface area contributed by atoms with Gasteiger partial charge in [-0.15, -0.1) is 0 Å². The van der Waals surface area contributed by atoms with Crippen molar-refractivity contribution < 1.29 is 23.4 Å². The first-order valence-electron chi connectivity index (χ1n) is 9.90. The Morgan fingerprint density at radius 2 is 1.77 bits per heavy atom. The number of carbonyl (C=O) groups excluding carboxylic acids is 1. The predicted molar refractivity (Wildman–Crippen MR) is 112 cm³/mol. The molecule has 0 aliphatic heterocycles. The SMILES string of the molecule is Cc1cccc(CNC[C@@H](O)[C@H](Cc2cc(F)cc(F)c2)NC(=O)OC(C)(C)C)c1. The van der Waals surface area contributed by atoms with Gasteiger partial charge in [0.05, 0.1) is 12.1 Å². The van der Waals surface area contributed by atoms with E-state index in [0.29, 0.717) is 12.1 Å². The van der Waals surface area contributed by atoms with Crippen molar-refractivity contribution in [3.05, 3.63) is 70.8 Å². The van der Waals surface area contributed by atoms with E-state index in [9.17, 15) is 18.7 Å². The van der Waals surface area contributed by atoms with E-state index in [4.69, 9.17) is 4.74 Å². The average Bonchev–Trinajstić information content (AvgIpc) is 2.58. The van der Waals surface area contributed by atoms with Crippen molar-refractivity contribution in [2.24, 2.45) is 0 Å². The van der Waals surface area contributed by atoms with Crippen LogP contribution >= 0.6 is 0 Å². The number of nitrogens with one attached hydrogen (secondary N) is 2. The molecule has 0 saturated carbocycles. The summed E-state index contributed by atoms with van der Waals surface area (Å²) in [5.74, 6) is -1.43. The van der Waals surface area contributed by atoms with Crippen LogP contribution in [0.5, 0.6) is 0 Å². The number of aliphatic hydroxyl groups is 1. The highest BCUT2D eigenvalue weighted by atomic mass is 19.1. The molecule has 0 aliphatic carbocycles. The lowest BCUT2D eigenvalue weighted by molar-refractivity contribution is 0.0422. The summed E-state index contributed by atoms with van der Waals surface area (Å²) in [4.78, 5) is 12.2. The molecule has 0 unspecified atom stereocenters. The fourth-order valence-electron chi connectivity index (χ4n) is 3.05. The lowest BCUT2D eigenvalue weighted by Crippen LogP contribution is -2.49. The van der Waals surface area contributed by atoms with Crippen LogP contribution in [-0.2, 0) is 17.7 Å². The first-order chi connectivity index (χ1) is 14.0. The molecule has 0 radical (unpaired) electrons. The number of aliphatic hydroxyl groups excluding tert-OH is 1. The number of hydrogen-bond donors (Lipinski definition) is 3. The van der Waals surface area contributed by atoms with Crippen LogP contribution in [-0.4, -0.2) is 35.5 Å². The van der Waals surface area contributed by atoms with E-state index in [-0.39, 0.29) is 13.0 Å². The second-order valence-corrected chi connectivity index (χ2v) is 8.42. The Morgan fingerprint density at radius 3 is 2.37 bits per heavy atom. The smallest absolute Gasteiger partial charge is 0.407 e. The molecule has 30 heavy (non-hydrogen) atoms. The van der Waals surface area contributed by atoms with Gasteiger partial charge in [0.2, 0.25) is 0 Å². The average molecular weight is 421 g/mol. The minimum Gasteiger partial charge on any atom is -0.444 e. The van der Waals surface area contributed by atoms with Crippen LogP contribution in [0, 0.1) is 18.6 Å². The van der Waals surface area contributed by atoms with Crippen molar-refractivity contribution in [1.29, 1.82) is 0 Å². The number of amides is 1. The lowest BCUT2D eigenvalue weighted by atomic mass is 10.0. The molecule has 2 aromatic carbocycles. The van der Waals surface area contributed by atoms with E-state index in [1.165, 1.54) is 12.1 Å². The Hall–Kier alpha value is -2.51. The van der Waals surface area contributed by atoms with Gasteiger partial charge in [-0.1, -0.05) is 29.8 Å². The number of aryl methyl sites for hydroxylation is 1. The summed E-state index contributed by atoms with van der Waals surface area (Å²) in [6.07, 6.45) is -1.67. The molecule has 3 N–H and O–H groups in total. The molecule has 0 aromatic heterocycles. The second kappa shape index (κ2) is 10.5. The van der Waals surface area contributed by atoms with Crippen molar-refractivity contribution in [3.63, 3.8) is 0 Å². The summed E-state index contributed by atoms with van der Waals surface area (Å²) < 4.78 is 32.4. The van der Waals surface area contributed by atoms with E-state index in [2.05, 4.69) is 10.6 Å². The first-order valence-corrected chi connectivity index (χ1v) is 9.90. The molecule has 2 atom stereocenters. The molecule has 2 aromatic rings. The summed E-state index contributed by atoms with van der Waals surface area (Å²) in [5.41, 5.74) is 1.80. The molecule has 0 aliphatic rings. The Kier molecular flexibility index (Phi) is 8.32. The fraction of sp³-hybridized carbons (Fsp3) is 0.435. The molecular weight excluding hydrogens is 390 g/mol. The molecule has 2 rings (SSSR count). The molecule has 1 amide bonds. The third-order valence-corrected chi connectivity index (χ3v) is 4.31. The van der Waals surface area contributed by atoms with Gasteiger partial charge < -0.3 is 20.5 Å². The number of hydrogen-bond acceptors (Lipinski definition) is 4. The van der Waals surface area contributed by atoms with Crippen LogP contribution in [0.3, 0.4) is 0 Å². The molecule has 164 valence electrons. The summed E-state index contributed by atoms with van der Waals surface area (Å²) in [5, 5.41) is 16.4. The minimum atomic E-state index is -1.01. The number of benzene rings is 2. The fourth-order valence-corrected chi connectivity index (χ4v) is 3.05. The van der Waals surface area contributed by atoms with E-state index < -0.39 is 35.5 Å². The van der Waals surface area contributed by atoms with Crippen LogP contribution in [0.25, 0.3) is 0 Å². The zero-order valence-electron chi connectivity index (χ0n) is 17.8. The van der Waals surface area contributed by atoms with Gasteiger partial charge in [-0.2, -0.15) is 0 Å². The largest absolute Gasteiger partial charge is 0.444 e. The quantitative estimate of drug-likeness (QED) is 0.607.